The highest BCUT2D eigenvalue weighted by Crippen LogP contribution is 2.25. The van der Waals surface area contributed by atoms with Crippen LogP contribution in [0.4, 0.5) is 10.5 Å². The van der Waals surface area contributed by atoms with E-state index in [1.54, 1.807) is 31.2 Å². The summed E-state index contributed by atoms with van der Waals surface area (Å²) >= 11 is 0. The van der Waals surface area contributed by atoms with Gasteiger partial charge in [0.2, 0.25) is 5.91 Å². The monoisotopic (exact) mass is 390 g/mol. The Labute approximate surface area is 168 Å². The SMILES string of the molecule is C[C@@H]1C(=O)N(CC(=O)NCCc2c[nH]c3ccccc23)C(=O)N1c1ccccc1. The minimum atomic E-state index is -0.635. The van der Waals surface area contributed by atoms with Crippen LogP contribution in [0.15, 0.2) is 60.8 Å². The predicted octanol–water partition coefficient (Wildman–Crippen LogP) is 2.68. The Balaban J connectivity index is 1.35. The number of aromatic nitrogens is 1. The number of benzene rings is 2. The van der Waals surface area contributed by atoms with Crippen molar-refractivity contribution in [2.24, 2.45) is 0 Å². The van der Waals surface area contributed by atoms with Crippen LogP contribution >= 0.6 is 0 Å². The molecule has 1 saturated heterocycles. The van der Waals surface area contributed by atoms with Gasteiger partial charge in [0.05, 0.1) is 0 Å². The third-order valence-electron chi connectivity index (χ3n) is 5.18. The fourth-order valence-corrected chi connectivity index (χ4v) is 3.67. The van der Waals surface area contributed by atoms with Crippen LogP contribution in [0.3, 0.4) is 0 Å². The van der Waals surface area contributed by atoms with E-state index in [0.717, 1.165) is 21.4 Å². The molecule has 1 fully saturated rings. The van der Waals surface area contributed by atoms with Crippen LogP contribution < -0.4 is 10.2 Å². The minimum Gasteiger partial charge on any atom is -0.361 e. The third-order valence-corrected chi connectivity index (χ3v) is 5.18. The van der Waals surface area contributed by atoms with E-state index < -0.39 is 12.1 Å². The summed E-state index contributed by atoms with van der Waals surface area (Å²) in [6.07, 6.45) is 2.59. The number of carbonyl (C=O) groups excluding carboxylic acids is 3. The van der Waals surface area contributed by atoms with Crippen molar-refractivity contribution in [3.05, 3.63) is 66.4 Å². The van der Waals surface area contributed by atoms with E-state index in [1.807, 2.05) is 36.5 Å². The van der Waals surface area contributed by atoms with Crippen molar-refractivity contribution in [3.8, 4) is 0 Å². The van der Waals surface area contributed by atoms with Gasteiger partial charge in [0.1, 0.15) is 12.6 Å². The molecule has 29 heavy (non-hydrogen) atoms. The van der Waals surface area contributed by atoms with Gasteiger partial charge in [0, 0.05) is 29.3 Å². The highest BCUT2D eigenvalue weighted by Gasteiger charge is 2.43. The quantitative estimate of drug-likeness (QED) is 0.635. The molecule has 148 valence electrons. The number of H-pyrrole nitrogens is 1. The molecule has 3 aromatic rings. The third kappa shape index (κ3) is 3.59. The summed E-state index contributed by atoms with van der Waals surface area (Å²) in [5.41, 5.74) is 2.80. The van der Waals surface area contributed by atoms with Gasteiger partial charge in [-0.15, -0.1) is 0 Å². The molecule has 4 amide bonds. The van der Waals surface area contributed by atoms with Gasteiger partial charge >= 0.3 is 6.03 Å². The van der Waals surface area contributed by atoms with Crippen LogP contribution in [-0.4, -0.2) is 46.9 Å². The first-order valence-corrected chi connectivity index (χ1v) is 9.57. The highest BCUT2D eigenvalue weighted by molar-refractivity contribution is 6.15. The smallest absolute Gasteiger partial charge is 0.332 e. The van der Waals surface area contributed by atoms with Gasteiger partial charge < -0.3 is 10.3 Å². The molecule has 1 aromatic heterocycles. The largest absolute Gasteiger partial charge is 0.361 e. The molecule has 0 aliphatic carbocycles. The number of hydrogen-bond acceptors (Lipinski definition) is 3. The van der Waals surface area contributed by atoms with Gasteiger partial charge in [0.15, 0.2) is 0 Å². The Kier molecular flexibility index (Phi) is 5.03. The van der Waals surface area contributed by atoms with Crippen LogP contribution in [0, 0.1) is 0 Å². The van der Waals surface area contributed by atoms with E-state index >= 15 is 0 Å². The number of hydrogen-bond donors (Lipinski definition) is 2. The van der Waals surface area contributed by atoms with Crippen molar-refractivity contribution in [2.45, 2.75) is 19.4 Å². The number of carbonyl (C=O) groups is 3. The summed E-state index contributed by atoms with van der Waals surface area (Å²) in [5, 5.41) is 3.93. The van der Waals surface area contributed by atoms with Crippen molar-refractivity contribution < 1.29 is 14.4 Å². The van der Waals surface area contributed by atoms with Crippen molar-refractivity contribution in [3.63, 3.8) is 0 Å². The number of para-hydroxylation sites is 2. The summed E-state index contributed by atoms with van der Waals surface area (Å²) in [5.74, 6) is -0.723. The Morgan fingerprint density at radius 1 is 1.07 bits per heavy atom. The van der Waals surface area contributed by atoms with Crippen LogP contribution in [0.5, 0.6) is 0 Å². The lowest BCUT2D eigenvalue weighted by Crippen LogP contribution is -2.42. The first kappa shape index (κ1) is 18.7. The maximum atomic E-state index is 12.7. The molecule has 0 saturated carbocycles. The zero-order valence-corrected chi connectivity index (χ0v) is 16.1. The summed E-state index contributed by atoms with van der Waals surface area (Å²) in [6, 6.07) is 15.9. The lowest BCUT2D eigenvalue weighted by Gasteiger charge is -2.19. The molecule has 2 heterocycles. The molecule has 7 heteroatoms. The number of imide groups is 1. The van der Waals surface area contributed by atoms with Crippen molar-refractivity contribution in [1.82, 2.24) is 15.2 Å². The van der Waals surface area contributed by atoms with Gasteiger partial charge in [-0.3, -0.25) is 19.4 Å². The van der Waals surface area contributed by atoms with E-state index in [0.29, 0.717) is 18.7 Å². The Bertz CT molecular complexity index is 1060. The molecule has 2 N–H and O–H groups in total. The lowest BCUT2D eigenvalue weighted by atomic mass is 10.1. The van der Waals surface area contributed by atoms with E-state index in [4.69, 9.17) is 0 Å². The number of anilines is 1. The molecule has 0 bridgehead atoms. The molecule has 1 atom stereocenters. The predicted molar refractivity (Wildman–Crippen MR) is 111 cm³/mol. The van der Waals surface area contributed by atoms with Gasteiger partial charge in [-0.2, -0.15) is 0 Å². The second-order valence-electron chi connectivity index (χ2n) is 7.05. The van der Waals surface area contributed by atoms with E-state index in [2.05, 4.69) is 10.3 Å². The zero-order valence-electron chi connectivity index (χ0n) is 16.1. The fourth-order valence-electron chi connectivity index (χ4n) is 3.67. The molecular weight excluding hydrogens is 368 g/mol. The van der Waals surface area contributed by atoms with Crippen LogP contribution in [-0.2, 0) is 16.0 Å². The second-order valence-corrected chi connectivity index (χ2v) is 7.05. The highest BCUT2D eigenvalue weighted by atomic mass is 16.2. The summed E-state index contributed by atoms with van der Waals surface area (Å²) < 4.78 is 0. The maximum Gasteiger partial charge on any atom is 0.332 e. The van der Waals surface area contributed by atoms with Crippen LogP contribution in [0.25, 0.3) is 10.9 Å². The summed E-state index contributed by atoms with van der Waals surface area (Å²) in [7, 11) is 0. The fraction of sp³-hybridized carbons (Fsp3) is 0.227. The minimum absolute atomic E-state index is 0.279. The topological polar surface area (TPSA) is 85.5 Å². The van der Waals surface area contributed by atoms with E-state index in [1.165, 1.54) is 4.90 Å². The molecule has 4 rings (SSSR count). The van der Waals surface area contributed by atoms with Gasteiger partial charge in [-0.05, 0) is 37.1 Å². The summed E-state index contributed by atoms with van der Waals surface area (Å²) in [4.78, 5) is 43.2. The van der Waals surface area contributed by atoms with Crippen LogP contribution in [0.1, 0.15) is 12.5 Å². The molecule has 7 nitrogen and oxygen atoms in total. The van der Waals surface area contributed by atoms with Crippen molar-refractivity contribution in [2.75, 3.05) is 18.0 Å². The molecule has 0 spiro atoms. The number of nitrogens with zero attached hydrogens (tertiary/aromatic N) is 2. The molecule has 2 aromatic carbocycles. The second kappa shape index (κ2) is 7.79. The number of amides is 4. The van der Waals surface area contributed by atoms with Gasteiger partial charge in [0.25, 0.3) is 5.91 Å². The maximum absolute atomic E-state index is 12.7. The summed E-state index contributed by atoms with van der Waals surface area (Å²) in [6.45, 7) is 1.82. The number of rotatable bonds is 6. The van der Waals surface area contributed by atoms with E-state index in [-0.39, 0.29) is 18.4 Å². The number of urea groups is 1. The number of fused-ring (bicyclic) bond motifs is 1. The Morgan fingerprint density at radius 3 is 2.59 bits per heavy atom. The zero-order chi connectivity index (χ0) is 20.4. The Hall–Kier alpha value is -3.61. The number of aromatic amines is 1. The lowest BCUT2D eigenvalue weighted by molar-refractivity contribution is -0.131. The molecular formula is C22H22N4O3. The van der Waals surface area contributed by atoms with E-state index in [9.17, 15) is 14.4 Å². The number of nitrogens with one attached hydrogen (secondary N) is 2. The Morgan fingerprint density at radius 2 is 1.79 bits per heavy atom. The van der Waals surface area contributed by atoms with Crippen molar-refractivity contribution >= 4 is 34.4 Å². The molecule has 1 aliphatic rings. The first-order valence-electron chi connectivity index (χ1n) is 9.57. The molecule has 0 radical (unpaired) electrons. The van der Waals surface area contributed by atoms with Gasteiger partial charge in [-0.25, -0.2) is 4.79 Å². The average Bonchev–Trinajstić information content (AvgIpc) is 3.23. The normalized spacial score (nSPS) is 16.7. The first-order chi connectivity index (χ1) is 14.1. The standard InChI is InChI=1S/C22H22N4O3/c1-15-21(28)25(22(29)26(15)17-7-3-2-4-8-17)14-20(27)23-12-11-16-13-24-19-10-6-5-9-18(16)19/h2-10,13,15,24H,11-12,14H2,1H3,(H,23,27)/t15-/m1/s1. The molecule has 0 unspecified atom stereocenters. The van der Waals surface area contributed by atoms with Crippen LogP contribution in [0.2, 0.25) is 0 Å². The van der Waals surface area contributed by atoms with Gasteiger partial charge in [-0.1, -0.05) is 36.4 Å². The average molecular weight is 390 g/mol. The molecule has 1 aliphatic heterocycles. The van der Waals surface area contributed by atoms with Crippen molar-refractivity contribution in [1.29, 1.82) is 0 Å².